The minimum absolute atomic E-state index is 0. The number of halogens is 1. The maximum absolute atomic E-state index is 15.5. The van der Waals surface area contributed by atoms with Crippen LogP contribution in [0.5, 0.6) is 6.01 Å². The number of hydrogen-bond donors (Lipinski definition) is 0. The summed E-state index contributed by atoms with van der Waals surface area (Å²) >= 11 is 0. The number of esters is 1. The third kappa shape index (κ3) is 5.74. The van der Waals surface area contributed by atoms with Crippen molar-refractivity contribution < 1.29 is 23.4 Å². The number of morpholine rings is 1. The van der Waals surface area contributed by atoms with E-state index in [-0.39, 0.29) is 57.4 Å². The lowest BCUT2D eigenvalue weighted by Gasteiger charge is -2.35. The highest BCUT2D eigenvalue weighted by Gasteiger charge is 2.40. The van der Waals surface area contributed by atoms with Crippen molar-refractivity contribution in [3.8, 4) is 11.8 Å². The molecule has 3 saturated heterocycles. The summed E-state index contributed by atoms with van der Waals surface area (Å²) in [5, 5.41) is 5.61. The molecule has 2 aromatic heterocycles. The lowest BCUT2D eigenvalue weighted by molar-refractivity contribution is -0.141. The molecule has 3 fully saturated rings. The standard InChI is InChI=1S/C27H33FN6O4.2H2S/c1-16-8-17-12-29-34(25-11-24(30-27(31-25)37-3)33-13-19-9-18(33)15-38-19)23(17)10-21(16)20-4-6-32(14-22(20)28)7-5-26(35)36-2;;/h8,10-12,18-20,22H,4-7,9,13-15H2,1-3H3;2*1H2/t18-,19-,20?,22?;;/m0../s1. The molecule has 218 valence electrons. The van der Waals surface area contributed by atoms with E-state index in [9.17, 15) is 4.79 Å². The van der Waals surface area contributed by atoms with Crippen LogP contribution in [0.1, 0.15) is 36.3 Å². The Morgan fingerprint density at radius 3 is 2.62 bits per heavy atom. The van der Waals surface area contributed by atoms with E-state index in [4.69, 9.17) is 14.2 Å². The Hall–Kier alpha value is -2.61. The average molecular weight is 593 g/mol. The second-order valence-electron chi connectivity index (χ2n) is 10.4. The van der Waals surface area contributed by atoms with Crippen molar-refractivity contribution in [1.82, 2.24) is 24.6 Å². The van der Waals surface area contributed by atoms with E-state index in [0.29, 0.717) is 38.0 Å². The lowest BCUT2D eigenvalue weighted by Crippen LogP contribution is -2.41. The number of likely N-dealkylation sites (tertiary alicyclic amines) is 1. The van der Waals surface area contributed by atoms with E-state index in [1.54, 1.807) is 11.8 Å². The number of rotatable bonds is 7. The van der Waals surface area contributed by atoms with Gasteiger partial charge in [0.05, 0.1) is 51.1 Å². The monoisotopic (exact) mass is 592 g/mol. The molecule has 2 unspecified atom stereocenters. The van der Waals surface area contributed by atoms with Crippen LogP contribution in [0.2, 0.25) is 0 Å². The Labute approximate surface area is 247 Å². The van der Waals surface area contributed by atoms with E-state index in [1.807, 2.05) is 24.1 Å². The first-order chi connectivity index (χ1) is 18.4. The maximum Gasteiger partial charge on any atom is 0.320 e. The molecular weight excluding hydrogens is 555 g/mol. The van der Waals surface area contributed by atoms with Gasteiger partial charge in [0.15, 0.2) is 5.82 Å². The van der Waals surface area contributed by atoms with Crippen molar-refractivity contribution in [2.75, 3.05) is 51.9 Å². The number of aromatic nitrogens is 4. The van der Waals surface area contributed by atoms with Gasteiger partial charge in [-0.3, -0.25) is 9.69 Å². The second-order valence-corrected chi connectivity index (χ2v) is 10.4. The highest BCUT2D eigenvalue weighted by molar-refractivity contribution is 7.59. The first-order valence-electron chi connectivity index (χ1n) is 13.2. The zero-order valence-corrected chi connectivity index (χ0v) is 25.0. The molecule has 3 aromatic rings. The van der Waals surface area contributed by atoms with Gasteiger partial charge in [-0.25, -0.2) is 9.07 Å². The first-order valence-corrected chi connectivity index (χ1v) is 13.2. The Kier molecular flexibility index (Phi) is 9.48. The summed E-state index contributed by atoms with van der Waals surface area (Å²) in [5.74, 6) is 0.900. The van der Waals surface area contributed by atoms with E-state index in [1.165, 1.54) is 7.11 Å². The second kappa shape index (κ2) is 12.5. The summed E-state index contributed by atoms with van der Waals surface area (Å²) in [6.07, 6.45) is 2.96. The summed E-state index contributed by atoms with van der Waals surface area (Å²) in [6.45, 7) is 5.06. The van der Waals surface area contributed by atoms with Crippen molar-refractivity contribution in [3.63, 3.8) is 0 Å². The van der Waals surface area contributed by atoms with Crippen LogP contribution >= 0.6 is 27.0 Å². The van der Waals surface area contributed by atoms with E-state index in [0.717, 1.165) is 47.4 Å². The number of ether oxygens (including phenoxy) is 3. The molecule has 0 N–H and O–H groups in total. The predicted octanol–water partition coefficient (Wildman–Crippen LogP) is 3.03. The molecule has 3 aliphatic heterocycles. The summed E-state index contributed by atoms with van der Waals surface area (Å²) in [4.78, 5) is 25.0. The molecule has 6 rings (SSSR count). The van der Waals surface area contributed by atoms with Gasteiger partial charge in [-0.05, 0) is 49.6 Å². The van der Waals surface area contributed by atoms with Crippen molar-refractivity contribution in [2.24, 2.45) is 0 Å². The Morgan fingerprint density at radius 1 is 1.15 bits per heavy atom. The number of hydrogen-bond acceptors (Lipinski definition) is 9. The molecule has 4 atom stereocenters. The van der Waals surface area contributed by atoms with E-state index < -0.39 is 6.17 Å². The molecule has 2 bridgehead atoms. The van der Waals surface area contributed by atoms with Gasteiger partial charge in [-0.15, -0.1) is 0 Å². The van der Waals surface area contributed by atoms with Crippen molar-refractivity contribution >= 4 is 49.7 Å². The Balaban J connectivity index is 0.00000185. The smallest absolute Gasteiger partial charge is 0.320 e. The lowest BCUT2D eigenvalue weighted by atomic mass is 9.85. The van der Waals surface area contributed by atoms with Gasteiger partial charge in [0, 0.05) is 37.0 Å². The van der Waals surface area contributed by atoms with Gasteiger partial charge < -0.3 is 19.1 Å². The molecule has 0 radical (unpaired) electrons. The largest absolute Gasteiger partial charge is 0.469 e. The quantitative estimate of drug-likeness (QED) is 0.384. The van der Waals surface area contributed by atoms with Crippen LogP contribution in [0.3, 0.4) is 0 Å². The Bertz CT molecular complexity index is 1360. The summed E-state index contributed by atoms with van der Waals surface area (Å²) in [7, 11) is 2.93. The number of anilines is 1. The van der Waals surface area contributed by atoms with Crippen LogP contribution in [-0.4, -0.2) is 95.9 Å². The number of carbonyl (C=O) groups is 1. The number of aryl methyl sites for hydroxylation is 1. The Morgan fingerprint density at radius 2 is 1.95 bits per heavy atom. The topological polar surface area (TPSA) is 94.8 Å². The minimum atomic E-state index is -1.03. The van der Waals surface area contributed by atoms with Crippen LogP contribution in [0.4, 0.5) is 10.2 Å². The number of nitrogens with zero attached hydrogens (tertiary/aromatic N) is 6. The normalized spacial score (nSPS) is 24.1. The summed E-state index contributed by atoms with van der Waals surface area (Å²) < 4.78 is 33.2. The summed E-state index contributed by atoms with van der Waals surface area (Å²) in [5.41, 5.74) is 2.89. The third-order valence-electron chi connectivity index (χ3n) is 8.11. The van der Waals surface area contributed by atoms with Crippen molar-refractivity contribution in [3.05, 3.63) is 35.5 Å². The molecule has 0 spiro atoms. The highest BCUT2D eigenvalue weighted by Crippen LogP contribution is 2.36. The number of methoxy groups -OCH3 is 2. The van der Waals surface area contributed by atoms with Crippen LogP contribution in [0, 0.1) is 6.92 Å². The fourth-order valence-corrected chi connectivity index (χ4v) is 6.09. The highest BCUT2D eigenvalue weighted by atomic mass is 32.1. The van der Waals surface area contributed by atoms with E-state index in [2.05, 4.69) is 32.1 Å². The van der Waals surface area contributed by atoms with Crippen molar-refractivity contribution in [2.45, 2.75) is 50.4 Å². The van der Waals surface area contributed by atoms with Crippen molar-refractivity contribution in [1.29, 1.82) is 0 Å². The number of benzene rings is 1. The SMILES string of the molecule is COC(=O)CCN1CCC(c2cc3c(cnn3-c3cc(N4C[C@@H]5C[C@H]4CO5)nc(OC)n3)cc2C)C(F)C1.S.S. The molecule has 3 aliphatic rings. The zero-order valence-electron chi connectivity index (χ0n) is 23.0. The fourth-order valence-electron chi connectivity index (χ4n) is 6.09. The van der Waals surface area contributed by atoms with Gasteiger partial charge >= 0.3 is 12.0 Å². The van der Waals surface area contributed by atoms with Gasteiger partial charge in [0.1, 0.15) is 12.0 Å². The van der Waals surface area contributed by atoms with Gasteiger partial charge in [0.25, 0.3) is 0 Å². The fraction of sp³-hybridized carbons (Fsp3) is 0.556. The maximum atomic E-state index is 15.5. The molecule has 1 aromatic carbocycles. The molecule has 0 saturated carbocycles. The number of alkyl halides is 1. The van der Waals surface area contributed by atoms with Gasteiger partial charge in [-0.2, -0.15) is 42.1 Å². The average Bonchev–Trinajstić information content (AvgIpc) is 3.67. The number of fused-ring (bicyclic) bond motifs is 3. The van der Waals surface area contributed by atoms with E-state index >= 15 is 4.39 Å². The van der Waals surface area contributed by atoms with Crippen LogP contribution in [0.15, 0.2) is 24.4 Å². The third-order valence-corrected chi connectivity index (χ3v) is 8.11. The predicted molar refractivity (Wildman–Crippen MR) is 160 cm³/mol. The molecule has 10 nitrogen and oxygen atoms in total. The zero-order chi connectivity index (χ0) is 26.4. The molecule has 40 heavy (non-hydrogen) atoms. The summed E-state index contributed by atoms with van der Waals surface area (Å²) in [6, 6.07) is 6.64. The van der Waals surface area contributed by atoms with Gasteiger partial charge in [0.2, 0.25) is 0 Å². The first kappa shape index (κ1) is 30.4. The van der Waals surface area contributed by atoms with Crippen LogP contribution in [-0.2, 0) is 14.3 Å². The molecule has 13 heteroatoms. The number of piperidine rings is 1. The number of carbonyl (C=O) groups excluding carboxylic acids is 1. The molecule has 5 heterocycles. The van der Waals surface area contributed by atoms with Crippen LogP contribution in [0.25, 0.3) is 16.7 Å². The van der Waals surface area contributed by atoms with Gasteiger partial charge in [-0.1, -0.05) is 0 Å². The minimum Gasteiger partial charge on any atom is -0.469 e. The molecular formula is C27H37FN6O4S2. The van der Waals surface area contributed by atoms with Crippen LogP contribution < -0.4 is 9.64 Å². The molecule has 0 amide bonds. The molecule has 0 aliphatic carbocycles.